The van der Waals surface area contributed by atoms with E-state index >= 15 is 0 Å². The van der Waals surface area contributed by atoms with Crippen LogP contribution < -0.4 is 0 Å². The Labute approximate surface area is 79.3 Å². The SMILES string of the molecule is CN(C)C=O.[Cl][W]([Cl])([Cl])[Cl]. The number of hydrogen-bond acceptors (Lipinski definition) is 1. The van der Waals surface area contributed by atoms with Crippen LogP contribution in [0, 0.1) is 0 Å². The van der Waals surface area contributed by atoms with Crippen molar-refractivity contribution in [3.8, 4) is 0 Å². The van der Waals surface area contributed by atoms with Gasteiger partial charge in [-0.2, -0.15) is 0 Å². The summed E-state index contributed by atoms with van der Waals surface area (Å²) < 4.78 is 0. The molecule has 0 N–H and O–H groups in total. The van der Waals surface area contributed by atoms with E-state index < -0.39 is 11.9 Å². The summed E-state index contributed by atoms with van der Waals surface area (Å²) in [4.78, 5) is 10.9. The first kappa shape index (κ1) is 13.9. The van der Waals surface area contributed by atoms with Crippen LogP contribution in [0.4, 0.5) is 0 Å². The predicted octanol–water partition coefficient (Wildman–Crippen LogP) is 2.46. The van der Waals surface area contributed by atoms with Gasteiger partial charge in [0.25, 0.3) is 0 Å². The molecule has 64 valence electrons. The van der Waals surface area contributed by atoms with Gasteiger partial charge in [-0.1, -0.05) is 0 Å². The number of amides is 1. The zero-order valence-electron chi connectivity index (χ0n) is 5.35. The standard InChI is InChI=1S/C3H7NO.4ClH.W/c1-4(2)3-5;;;;;/h3H,1-2H3;4*1H;/q;;;;;+4/p-4. The molecular formula is C3H7Cl4NOW. The van der Waals surface area contributed by atoms with Crippen molar-refractivity contribution in [2.24, 2.45) is 0 Å². The summed E-state index contributed by atoms with van der Waals surface area (Å²) in [5.74, 6) is 0. The minimum atomic E-state index is -3.28. The van der Waals surface area contributed by atoms with Crippen LogP contribution in [-0.2, 0) is 16.7 Å². The maximum absolute atomic E-state index is 9.43. The average Bonchev–Trinajstić information content (AvgIpc) is 1.61. The van der Waals surface area contributed by atoms with E-state index in [1.165, 1.54) is 4.90 Å². The van der Waals surface area contributed by atoms with Crippen LogP contribution in [-0.4, -0.2) is 25.4 Å². The van der Waals surface area contributed by atoms with Gasteiger partial charge in [-0.25, -0.2) is 0 Å². The molecule has 0 aromatic heterocycles. The Bertz CT molecular complexity index is 87.0. The van der Waals surface area contributed by atoms with E-state index in [9.17, 15) is 4.79 Å². The molecule has 0 radical (unpaired) electrons. The summed E-state index contributed by atoms with van der Waals surface area (Å²) >= 11 is -3.28. The van der Waals surface area contributed by atoms with Crippen molar-refractivity contribution in [2.45, 2.75) is 0 Å². The van der Waals surface area contributed by atoms with Gasteiger partial charge < -0.3 is 4.90 Å². The van der Waals surface area contributed by atoms with Crippen molar-refractivity contribution in [1.29, 1.82) is 0 Å². The number of halogens is 4. The summed E-state index contributed by atoms with van der Waals surface area (Å²) in [6.07, 6.45) is 0.750. The third-order valence-electron chi connectivity index (χ3n) is 0.211. The van der Waals surface area contributed by atoms with E-state index in [0.717, 1.165) is 6.41 Å². The number of hydrogen-bond donors (Lipinski definition) is 0. The Balaban J connectivity index is 0. The minimum absolute atomic E-state index is 0.750. The molecule has 0 unspecified atom stereocenters. The third kappa shape index (κ3) is 58.6. The van der Waals surface area contributed by atoms with Crippen molar-refractivity contribution in [1.82, 2.24) is 4.90 Å². The molecule has 7 heteroatoms. The van der Waals surface area contributed by atoms with Crippen LogP contribution in [0.5, 0.6) is 0 Å². The van der Waals surface area contributed by atoms with Gasteiger partial charge in [0.05, 0.1) is 0 Å². The molecule has 0 bridgehead atoms. The van der Waals surface area contributed by atoms with Gasteiger partial charge in [0.2, 0.25) is 6.41 Å². The molecule has 0 rings (SSSR count). The number of carbonyl (C=O) groups is 1. The number of carbonyl (C=O) groups excluding carboxylic acids is 1. The molecule has 1 amide bonds. The van der Waals surface area contributed by atoms with Crippen LogP contribution >= 0.6 is 37.7 Å². The summed E-state index contributed by atoms with van der Waals surface area (Å²) in [6.45, 7) is 0. The first-order valence-electron chi connectivity index (χ1n) is 2.01. The summed E-state index contributed by atoms with van der Waals surface area (Å²) in [7, 11) is 23.5. The molecule has 0 saturated carbocycles. The van der Waals surface area contributed by atoms with E-state index in [-0.39, 0.29) is 0 Å². The third-order valence-corrected chi connectivity index (χ3v) is 0.211. The molecule has 0 aliphatic heterocycles. The van der Waals surface area contributed by atoms with E-state index in [4.69, 9.17) is 37.7 Å². The Hall–Kier alpha value is 1.32. The fourth-order valence-electron chi connectivity index (χ4n) is 0. The molecule has 0 spiro atoms. The number of nitrogens with zero attached hydrogens (tertiary/aromatic N) is 1. The maximum atomic E-state index is 9.43. The van der Waals surface area contributed by atoms with Gasteiger partial charge in [-0.15, -0.1) is 0 Å². The monoisotopic (exact) mass is 397 g/mol. The van der Waals surface area contributed by atoms with Crippen LogP contribution in [0.2, 0.25) is 0 Å². The Morgan fingerprint density at radius 3 is 1.30 bits per heavy atom. The zero-order chi connectivity index (χ0) is 8.78. The van der Waals surface area contributed by atoms with Crippen LogP contribution in [0.1, 0.15) is 0 Å². The van der Waals surface area contributed by atoms with Crippen LogP contribution in [0.3, 0.4) is 0 Å². The number of rotatable bonds is 1. The van der Waals surface area contributed by atoms with Gasteiger partial charge >= 0.3 is 49.6 Å². The van der Waals surface area contributed by atoms with Crippen LogP contribution in [0.15, 0.2) is 0 Å². The molecule has 0 aliphatic rings. The van der Waals surface area contributed by atoms with Crippen molar-refractivity contribution in [3.63, 3.8) is 0 Å². The topological polar surface area (TPSA) is 20.3 Å². The normalized spacial score (nSPS) is 11.0. The molecule has 0 saturated heterocycles. The van der Waals surface area contributed by atoms with Crippen LogP contribution in [0.25, 0.3) is 0 Å². The van der Waals surface area contributed by atoms with Gasteiger partial charge in [0.1, 0.15) is 0 Å². The average molecular weight is 399 g/mol. The van der Waals surface area contributed by atoms with E-state index in [2.05, 4.69) is 0 Å². The Morgan fingerprint density at radius 2 is 1.30 bits per heavy atom. The van der Waals surface area contributed by atoms with Crippen molar-refractivity contribution in [2.75, 3.05) is 14.1 Å². The fourth-order valence-corrected chi connectivity index (χ4v) is 0. The summed E-state index contributed by atoms with van der Waals surface area (Å²) in [5, 5.41) is 0. The zero-order valence-corrected chi connectivity index (χ0v) is 11.3. The van der Waals surface area contributed by atoms with Crippen molar-refractivity contribution in [3.05, 3.63) is 0 Å². The van der Waals surface area contributed by atoms with E-state index in [1.54, 1.807) is 14.1 Å². The van der Waals surface area contributed by atoms with Gasteiger partial charge in [-0.05, 0) is 0 Å². The van der Waals surface area contributed by atoms with Crippen molar-refractivity contribution >= 4 is 44.1 Å². The Kier molecular flexibility index (Phi) is 9.71. The molecule has 0 heterocycles. The predicted molar refractivity (Wildman–Crippen MR) is 43.2 cm³/mol. The second-order valence-corrected chi connectivity index (χ2v) is 26.8. The summed E-state index contributed by atoms with van der Waals surface area (Å²) in [5.41, 5.74) is 0. The van der Waals surface area contributed by atoms with Gasteiger partial charge in [0, 0.05) is 14.1 Å². The first-order chi connectivity index (χ1) is 4.27. The quantitative estimate of drug-likeness (QED) is 0.621. The van der Waals surface area contributed by atoms with Crippen molar-refractivity contribution < 1.29 is 16.7 Å². The summed E-state index contributed by atoms with van der Waals surface area (Å²) in [6, 6.07) is 0. The second kappa shape index (κ2) is 6.99. The molecular weight excluding hydrogens is 392 g/mol. The van der Waals surface area contributed by atoms with E-state index in [0.29, 0.717) is 0 Å². The molecule has 0 fully saturated rings. The molecule has 10 heavy (non-hydrogen) atoms. The Morgan fingerprint density at radius 1 is 1.20 bits per heavy atom. The van der Waals surface area contributed by atoms with Gasteiger partial charge in [-0.3, -0.25) is 4.79 Å². The molecule has 0 aromatic rings. The first-order valence-corrected chi connectivity index (χ1v) is 16.5. The fraction of sp³-hybridized carbons (Fsp3) is 0.667. The second-order valence-electron chi connectivity index (χ2n) is 1.42. The van der Waals surface area contributed by atoms with Gasteiger partial charge in [0.15, 0.2) is 0 Å². The molecule has 2 nitrogen and oxygen atoms in total. The molecule has 0 atom stereocenters. The molecule has 0 aromatic carbocycles. The van der Waals surface area contributed by atoms with E-state index in [1.807, 2.05) is 0 Å². The molecule has 0 aliphatic carbocycles.